The van der Waals surface area contributed by atoms with Crippen LogP contribution in [0.4, 0.5) is 16.2 Å². The Kier molecular flexibility index (Phi) is 7.21. The van der Waals surface area contributed by atoms with Crippen molar-refractivity contribution in [1.29, 1.82) is 0 Å². The van der Waals surface area contributed by atoms with E-state index in [0.717, 1.165) is 43.1 Å². The van der Waals surface area contributed by atoms with Crippen LogP contribution in [0.15, 0.2) is 48.5 Å². The van der Waals surface area contributed by atoms with E-state index in [-0.39, 0.29) is 18.5 Å². The number of carbonyl (C=O) groups is 2. The molecule has 3 rings (SSSR count). The average Bonchev–Trinajstić information content (AvgIpc) is 2.73. The largest absolute Gasteiger partial charge is 0.481 e. The molecule has 2 amide bonds. The van der Waals surface area contributed by atoms with Crippen LogP contribution in [0.3, 0.4) is 0 Å². The summed E-state index contributed by atoms with van der Waals surface area (Å²) in [5.41, 5.74) is 3.36. The van der Waals surface area contributed by atoms with Crippen molar-refractivity contribution in [3.63, 3.8) is 0 Å². The first kappa shape index (κ1) is 20.8. The maximum absolute atomic E-state index is 12.4. The van der Waals surface area contributed by atoms with Gasteiger partial charge in [-0.1, -0.05) is 24.3 Å². The summed E-state index contributed by atoms with van der Waals surface area (Å²) in [4.78, 5) is 25.5. The molecular formula is C22H27N3O4. The van der Waals surface area contributed by atoms with E-state index in [1.165, 1.54) is 0 Å². The molecule has 2 aromatic carbocycles. The molecule has 0 spiro atoms. The highest BCUT2D eigenvalue weighted by molar-refractivity contribution is 5.99. The van der Waals surface area contributed by atoms with Gasteiger partial charge in [0.25, 0.3) is 0 Å². The Labute approximate surface area is 170 Å². The number of nitrogens with one attached hydrogen (secondary N) is 2. The van der Waals surface area contributed by atoms with Gasteiger partial charge in [0.2, 0.25) is 0 Å². The lowest BCUT2D eigenvalue weighted by molar-refractivity contribution is -0.136. The van der Waals surface area contributed by atoms with Crippen molar-refractivity contribution in [3.8, 4) is 0 Å². The number of ether oxygens (including phenoxy) is 1. The first-order valence-corrected chi connectivity index (χ1v) is 9.82. The van der Waals surface area contributed by atoms with Crippen LogP contribution in [0.25, 0.3) is 0 Å². The summed E-state index contributed by atoms with van der Waals surface area (Å²) in [5, 5.41) is 14.5. The number of rotatable bonds is 7. The smallest absolute Gasteiger partial charge is 0.323 e. The van der Waals surface area contributed by atoms with Gasteiger partial charge in [0, 0.05) is 36.9 Å². The minimum atomic E-state index is -0.840. The van der Waals surface area contributed by atoms with E-state index in [1.807, 2.05) is 24.3 Å². The van der Waals surface area contributed by atoms with Crippen LogP contribution in [-0.2, 0) is 16.0 Å². The number of carbonyl (C=O) groups excluding carboxylic acids is 1. The zero-order valence-corrected chi connectivity index (χ0v) is 16.6. The van der Waals surface area contributed by atoms with Crippen molar-refractivity contribution in [3.05, 3.63) is 59.7 Å². The predicted octanol–water partition coefficient (Wildman–Crippen LogP) is 3.74. The topological polar surface area (TPSA) is 90.9 Å². The molecule has 1 unspecified atom stereocenters. The molecule has 154 valence electrons. The van der Waals surface area contributed by atoms with Crippen molar-refractivity contribution in [1.82, 2.24) is 4.90 Å². The normalized spacial score (nSPS) is 15.5. The van der Waals surface area contributed by atoms with Gasteiger partial charge >= 0.3 is 12.0 Å². The summed E-state index contributed by atoms with van der Waals surface area (Å²) in [6.45, 7) is 5.45. The Morgan fingerprint density at radius 1 is 1.07 bits per heavy atom. The van der Waals surface area contributed by atoms with E-state index in [9.17, 15) is 9.59 Å². The number of urea groups is 1. The van der Waals surface area contributed by atoms with Crippen LogP contribution in [0, 0.1) is 0 Å². The third-order valence-corrected chi connectivity index (χ3v) is 5.03. The molecule has 1 fully saturated rings. The molecule has 2 aromatic rings. The molecule has 29 heavy (non-hydrogen) atoms. The molecule has 0 bridgehead atoms. The third-order valence-electron chi connectivity index (χ3n) is 5.03. The molecule has 1 aliphatic rings. The lowest BCUT2D eigenvalue weighted by atomic mass is 10.1. The molecule has 1 heterocycles. The fourth-order valence-electron chi connectivity index (χ4n) is 3.40. The molecular weight excluding hydrogens is 370 g/mol. The Morgan fingerprint density at radius 2 is 1.72 bits per heavy atom. The van der Waals surface area contributed by atoms with Crippen LogP contribution in [0.5, 0.6) is 0 Å². The second-order valence-corrected chi connectivity index (χ2v) is 7.12. The monoisotopic (exact) mass is 397 g/mol. The summed E-state index contributed by atoms with van der Waals surface area (Å²) >= 11 is 0. The van der Waals surface area contributed by atoms with Gasteiger partial charge in [-0.3, -0.25) is 9.69 Å². The number of nitrogens with zero attached hydrogens (tertiary/aromatic N) is 1. The molecule has 0 radical (unpaired) electrons. The highest BCUT2D eigenvalue weighted by atomic mass is 16.5. The molecule has 0 saturated carbocycles. The Hall–Kier alpha value is -2.90. The number of anilines is 2. The number of benzene rings is 2. The second kappa shape index (κ2) is 10.0. The van der Waals surface area contributed by atoms with Gasteiger partial charge in [0.05, 0.1) is 13.2 Å². The van der Waals surface area contributed by atoms with Gasteiger partial charge in [-0.15, -0.1) is 0 Å². The Balaban J connectivity index is 1.59. The molecule has 3 N–H and O–H groups in total. The van der Waals surface area contributed by atoms with Crippen molar-refractivity contribution < 1.29 is 19.4 Å². The first-order chi connectivity index (χ1) is 14.0. The second-order valence-electron chi connectivity index (χ2n) is 7.12. The van der Waals surface area contributed by atoms with Gasteiger partial charge in [0.15, 0.2) is 0 Å². The number of carboxylic acids is 1. The number of amides is 2. The third kappa shape index (κ3) is 6.30. The Morgan fingerprint density at radius 3 is 2.41 bits per heavy atom. The molecule has 0 aromatic heterocycles. The lowest BCUT2D eigenvalue weighted by Crippen LogP contribution is -2.38. The molecule has 7 heteroatoms. The van der Waals surface area contributed by atoms with Crippen LogP contribution in [-0.4, -0.2) is 48.3 Å². The molecule has 7 nitrogen and oxygen atoms in total. The average molecular weight is 397 g/mol. The number of hydrogen-bond donors (Lipinski definition) is 3. The van der Waals surface area contributed by atoms with Gasteiger partial charge in [-0.05, 0) is 48.7 Å². The molecule has 1 saturated heterocycles. The highest BCUT2D eigenvalue weighted by Gasteiger charge is 2.18. The van der Waals surface area contributed by atoms with E-state index >= 15 is 0 Å². The lowest BCUT2D eigenvalue weighted by Gasteiger charge is -2.32. The first-order valence-electron chi connectivity index (χ1n) is 9.82. The highest BCUT2D eigenvalue weighted by Crippen LogP contribution is 2.24. The number of morpholine rings is 1. The number of carboxylic acid groups (broad SMARTS) is 1. The standard InChI is InChI=1S/C22H27N3O4/c1-16(25-10-12-29-13-11-25)18-5-3-7-20(15-18)24-22(28)23-19-6-2-4-17(14-19)8-9-21(26)27/h2-7,14-16H,8-13H2,1H3,(H,26,27)(H2,23,24,28). The minimum absolute atomic E-state index is 0.0593. The van der Waals surface area contributed by atoms with E-state index in [2.05, 4.69) is 28.5 Å². The SMILES string of the molecule is CC(c1cccc(NC(=O)Nc2cccc(CCC(=O)O)c2)c1)N1CCOCC1. The van der Waals surface area contributed by atoms with Crippen molar-refractivity contribution in [2.75, 3.05) is 36.9 Å². The number of aryl methyl sites for hydroxylation is 1. The number of hydrogen-bond acceptors (Lipinski definition) is 4. The van der Waals surface area contributed by atoms with E-state index in [4.69, 9.17) is 9.84 Å². The summed E-state index contributed by atoms with van der Waals surface area (Å²) in [7, 11) is 0. The zero-order chi connectivity index (χ0) is 20.6. The fraction of sp³-hybridized carbons (Fsp3) is 0.364. The van der Waals surface area contributed by atoms with Crippen LogP contribution in [0.1, 0.15) is 30.5 Å². The summed E-state index contributed by atoms with van der Waals surface area (Å²) < 4.78 is 5.42. The molecule has 0 aliphatic carbocycles. The zero-order valence-electron chi connectivity index (χ0n) is 16.6. The van der Waals surface area contributed by atoms with Gasteiger partial charge in [0.1, 0.15) is 0 Å². The number of aliphatic carboxylic acids is 1. The fourth-order valence-corrected chi connectivity index (χ4v) is 3.40. The van der Waals surface area contributed by atoms with E-state index in [0.29, 0.717) is 12.1 Å². The Bertz CT molecular complexity index is 849. The molecule has 1 atom stereocenters. The van der Waals surface area contributed by atoms with Gasteiger partial charge in [-0.25, -0.2) is 4.79 Å². The van der Waals surface area contributed by atoms with E-state index < -0.39 is 5.97 Å². The van der Waals surface area contributed by atoms with Crippen LogP contribution in [0.2, 0.25) is 0 Å². The van der Waals surface area contributed by atoms with Gasteiger partial charge < -0.3 is 20.5 Å². The van der Waals surface area contributed by atoms with Crippen LogP contribution >= 0.6 is 0 Å². The minimum Gasteiger partial charge on any atom is -0.481 e. The molecule has 1 aliphatic heterocycles. The van der Waals surface area contributed by atoms with Crippen LogP contribution < -0.4 is 10.6 Å². The van der Waals surface area contributed by atoms with Crippen molar-refractivity contribution >= 4 is 23.4 Å². The van der Waals surface area contributed by atoms with Crippen molar-refractivity contribution in [2.24, 2.45) is 0 Å². The quantitative estimate of drug-likeness (QED) is 0.662. The summed E-state index contributed by atoms with van der Waals surface area (Å²) in [6, 6.07) is 15.0. The maximum Gasteiger partial charge on any atom is 0.323 e. The summed E-state index contributed by atoms with van der Waals surface area (Å²) in [5.74, 6) is -0.840. The maximum atomic E-state index is 12.4. The van der Waals surface area contributed by atoms with Gasteiger partial charge in [-0.2, -0.15) is 0 Å². The summed E-state index contributed by atoms with van der Waals surface area (Å²) in [6.07, 6.45) is 0.484. The van der Waals surface area contributed by atoms with Crippen molar-refractivity contribution in [2.45, 2.75) is 25.8 Å². The predicted molar refractivity (Wildman–Crippen MR) is 112 cm³/mol. The van der Waals surface area contributed by atoms with E-state index in [1.54, 1.807) is 18.2 Å².